The summed E-state index contributed by atoms with van der Waals surface area (Å²) in [4.78, 5) is 20.0. The number of aromatic nitrogens is 2. The van der Waals surface area contributed by atoms with Gasteiger partial charge >= 0.3 is 0 Å². The molecule has 0 bridgehead atoms. The molecule has 1 amide bonds. The van der Waals surface area contributed by atoms with Crippen molar-refractivity contribution in [2.24, 2.45) is 7.05 Å². The van der Waals surface area contributed by atoms with Gasteiger partial charge in [0.05, 0.1) is 0 Å². The molecule has 1 saturated heterocycles. The molecule has 0 spiro atoms. The van der Waals surface area contributed by atoms with Crippen LogP contribution in [0.3, 0.4) is 0 Å². The maximum atomic E-state index is 11.7. The van der Waals surface area contributed by atoms with Crippen LogP contribution in [0, 0.1) is 0 Å². The molecule has 0 saturated carbocycles. The standard InChI is InChI=1S/C11H17ClN4O/c1-14-5-4-13-11(14)16-8-6-15(7-9-16)10(17)2-3-12/h4-5H,2-3,6-9H2,1H3. The summed E-state index contributed by atoms with van der Waals surface area (Å²) in [5.41, 5.74) is 0. The molecule has 0 N–H and O–H groups in total. The first kappa shape index (κ1) is 12.2. The Hall–Kier alpha value is -1.23. The van der Waals surface area contributed by atoms with Crippen LogP contribution in [0.5, 0.6) is 0 Å². The van der Waals surface area contributed by atoms with Crippen LogP contribution in [0.4, 0.5) is 5.95 Å². The largest absolute Gasteiger partial charge is 0.339 e. The molecule has 6 heteroatoms. The van der Waals surface area contributed by atoms with E-state index >= 15 is 0 Å². The lowest BCUT2D eigenvalue weighted by Crippen LogP contribution is -2.49. The molecule has 0 aromatic carbocycles. The molecule has 0 aliphatic carbocycles. The third kappa shape index (κ3) is 2.72. The molecule has 1 aromatic rings. The highest BCUT2D eigenvalue weighted by atomic mass is 35.5. The van der Waals surface area contributed by atoms with Gasteiger partial charge in [-0.1, -0.05) is 0 Å². The fraction of sp³-hybridized carbons (Fsp3) is 0.636. The number of rotatable bonds is 3. The number of imidazole rings is 1. The number of hydrogen-bond acceptors (Lipinski definition) is 3. The number of halogens is 1. The average Bonchev–Trinajstić information content (AvgIpc) is 2.76. The van der Waals surface area contributed by atoms with Gasteiger partial charge in [0.1, 0.15) is 0 Å². The predicted molar refractivity (Wildman–Crippen MR) is 67.3 cm³/mol. The second kappa shape index (κ2) is 5.40. The first-order chi connectivity index (χ1) is 8.22. The van der Waals surface area contributed by atoms with E-state index in [1.54, 1.807) is 6.20 Å². The molecule has 94 valence electrons. The van der Waals surface area contributed by atoms with Crippen LogP contribution in [0.25, 0.3) is 0 Å². The Morgan fingerprint density at radius 3 is 2.65 bits per heavy atom. The Morgan fingerprint density at radius 1 is 1.41 bits per heavy atom. The van der Waals surface area contributed by atoms with Crippen molar-refractivity contribution in [3.63, 3.8) is 0 Å². The minimum absolute atomic E-state index is 0.152. The Balaban J connectivity index is 1.90. The van der Waals surface area contributed by atoms with E-state index < -0.39 is 0 Å². The highest BCUT2D eigenvalue weighted by Gasteiger charge is 2.22. The van der Waals surface area contributed by atoms with Gasteiger partial charge in [0.15, 0.2) is 0 Å². The Morgan fingerprint density at radius 2 is 2.12 bits per heavy atom. The molecule has 1 aliphatic rings. The Kier molecular flexibility index (Phi) is 3.89. The number of alkyl halides is 1. The summed E-state index contributed by atoms with van der Waals surface area (Å²) in [7, 11) is 1.98. The van der Waals surface area contributed by atoms with Crippen molar-refractivity contribution in [1.29, 1.82) is 0 Å². The highest BCUT2D eigenvalue weighted by Crippen LogP contribution is 2.13. The van der Waals surface area contributed by atoms with E-state index in [2.05, 4.69) is 9.88 Å². The smallest absolute Gasteiger partial charge is 0.223 e. The van der Waals surface area contributed by atoms with Gasteiger partial charge in [0, 0.05) is 57.9 Å². The summed E-state index contributed by atoms with van der Waals surface area (Å²) in [6.45, 7) is 3.17. The maximum absolute atomic E-state index is 11.7. The van der Waals surface area contributed by atoms with Crippen molar-refractivity contribution in [2.45, 2.75) is 6.42 Å². The second-order valence-electron chi connectivity index (χ2n) is 4.14. The number of anilines is 1. The van der Waals surface area contributed by atoms with Crippen LogP contribution in [-0.4, -0.2) is 52.4 Å². The van der Waals surface area contributed by atoms with Gasteiger partial charge in [-0.25, -0.2) is 4.98 Å². The molecule has 2 heterocycles. The fourth-order valence-corrected chi connectivity index (χ4v) is 2.22. The Labute approximate surface area is 106 Å². The quantitative estimate of drug-likeness (QED) is 0.748. The molecule has 0 unspecified atom stereocenters. The number of piperazine rings is 1. The number of aryl methyl sites for hydroxylation is 1. The normalized spacial score (nSPS) is 16.4. The van der Waals surface area contributed by atoms with E-state index in [9.17, 15) is 4.79 Å². The van der Waals surface area contributed by atoms with Gasteiger partial charge < -0.3 is 14.4 Å². The number of hydrogen-bond donors (Lipinski definition) is 0. The van der Waals surface area contributed by atoms with E-state index in [1.165, 1.54) is 0 Å². The van der Waals surface area contributed by atoms with Crippen LogP contribution in [0.15, 0.2) is 12.4 Å². The second-order valence-corrected chi connectivity index (χ2v) is 4.52. The monoisotopic (exact) mass is 256 g/mol. The minimum atomic E-state index is 0.152. The van der Waals surface area contributed by atoms with E-state index in [1.807, 2.05) is 22.7 Å². The maximum Gasteiger partial charge on any atom is 0.223 e. The van der Waals surface area contributed by atoms with Crippen molar-refractivity contribution in [1.82, 2.24) is 14.5 Å². The summed E-state index contributed by atoms with van der Waals surface area (Å²) >= 11 is 5.58. The number of nitrogens with zero attached hydrogens (tertiary/aromatic N) is 4. The summed E-state index contributed by atoms with van der Waals surface area (Å²) in [6.07, 6.45) is 4.16. The predicted octanol–water partition coefficient (Wildman–Crippen LogP) is 0.698. The van der Waals surface area contributed by atoms with E-state index in [-0.39, 0.29) is 5.91 Å². The highest BCUT2D eigenvalue weighted by molar-refractivity contribution is 6.18. The summed E-state index contributed by atoms with van der Waals surface area (Å²) in [5.74, 6) is 1.52. The zero-order valence-electron chi connectivity index (χ0n) is 9.97. The molecule has 1 aliphatic heterocycles. The zero-order chi connectivity index (χ0) is 12.3. The molecule has 17 heavy (non-hydrogen) atoms. The molecule has 0 radical (unpaired) electrons. The van der Waals surface area contributed by atoms with Gasteiger partial charge in [0.2, 0.25) is 11.9 Å². The lowest BCUT2D eigenvalue weighted by Gasteiger charge is -2.35. The van der Waals surface area contributed by atoms with E-state index in [4.69, 9.17) is 11.6 Å². The molecule has 1 aromatic heterocycles. The van der Waals surface area contributed by atoms with Crippen molar-refractivity contribution in [3.05, 3.63) is 12.4 Å². The third-order valence-electron chi connectivity index (χ3n) is 3.02. The Bertz CT molecular complexity index is 385. The first-order valence-electron chi connectivity index (χ1n) is 5.78. The lowest BCUT2D eigenvalue weighted by atomic mass is 10.3. The lowest BCUT2D eigenvalue weighted by molar-refractivity contribution is -0.131. The number of carbonyl (C=O) groups is 1. The van der Waals surface area contributed by atoms with Crippen LogP contribution >= 0.6 is 11.6 Å². The van der Waals surface area contributed by atoms with Gasteiger partial charge in [-0.15, -0.1) is 11.6 Å². The molecular weight excluding hydrogens is 240 g/mol. The van der Waals surface area contributed by atoms with Crippen LogP contribution in [0.1, 0.15) is 6.42 Å². The summed E-state index contributed by atoms with van der Waals surface area (Å²) in [5, 5.41) is 0. The van der Waals surface area contributed by atoms with Crippen molar-refractivity contribution >= 4 is 23.5 Å². The van der Waals surface area contributed by atoms with Gasteiger partial charge in [-0.3, -0.25) is 4.79 Å². The topological polar surface area (TPSA) is 41.4 Å². The van der Waals surface area contributed by atoms with Gasteiger partial charge in [0.25, 0.3) is 0 Å². The zero-order valence-corrected chi connectivity index (χ0v) is 10.7. The molecule has 2 rings (SSSR count). The first-order valence-corrected chi connectivity index (χ1v) is 6.32. The van der Waals surface area contributed by atoms with Crippen LogP contribution < -0.4 is 4.90 Å². The average molecular weight is 257 g/mol. The molecule has 1 fully saturated rings. The van der Waals surface area contributed by atoms with E-state index in [0.717, 1.165) is 32.1 Å². The number of amides is 1. The SMILES string of the molecule is Cn1ccnc1N1CCN(C(=O)CCCl)CC1. The molecular formula is C11H17ClN4O. The van der Waals surface area contributed by atoms with Gasteiger partial charge in [-0.05, 0) is 0 Å². The molecule has 5 nitrogen and oxygen atoms in total. The minimum Gasteiger partial charge on any atom is -0.339 e. The van der Waals surface area contributed by atoms with Crippen LogP contribution in [-0.2, 0) is 11.8 Å². The van der Waals surface area contributed by atoms with Gasteiger partial charge in [-0.2, -0.15) is 0 Å². The molecule has 0 atom stereocenters. The third-order valence-corrected chi connectivity index (χ3v) is 3.21. The van der Waals surface area contributed by atoms with E-state index in [0.29, 0.717) is 12.3 Å². The summed E-state index contributed by atoms with van der Waals surface area (Å²) in [6, 6.07) is 0. The van der Waals surface area contributed by atoms with Crippen LogP contribution in [0.2, 0.25) is 0 Å². The fourth-order valence-electron chi connectivity index (χ4n) is 2.06. The van der Waals surface area contributed by atoms with Crippen molar-refractivity contribution < 1.29 is 4.79 Å². The van der Waals surface area contributed by atoms with Crippen molar-refractivity contribution in [2.75, 3.05) is 37.0 Å². The summed E-state index contributed by atoms with van der Waals surface area (Å²) < 4.78 is 2.00. The van der Waals surface area contributed by atoms with Crippen molar-refractivity contribution in [3.8, 4) is 0 Å². The number of carbonyl (C=O) groups excluding carboxylic acids is 1.